The zero-order chi connectivity index (χ0) is 16.8. The van der Waals surface area contributed by atoms with Gasteiger partial charge in [0.15, 0.2) is 5.13 Å². The lowest BCUT2D eigenvalue weighted by Gasteiger charge is -2.22. The molecule has 0 spiro atoms. The Morgan fingerprint density at radius 1 is 1.17 bits per heavy atom. The van der Waals surface area contributed by atoms with Crippen LogP contribution in [0.3, 0.4) is 0 Å². The van der Waals surface area contributed by atoms with Crippen molar-refractivity contribution in [2.45, 2.75) is 69.7 Å². The lowest BCUT2D eigenvalue weighted by molar-refractivity contribution is -0.116. The fourth-order valence-electron chi connectivity index (χ4n) is 3.03. The number of carbonyl (C=O) groups excluding carboxylic acids is 2. The maximum Gasteiger partial charge on any atom is 0.315 e. The molecule has 24 heavy (non-hydrogen) atoms. The molecule has 132 valence electrons. The molecular formula is C17H26N4O2S. The van der Waals surface area contributed by atoms with E-state index in [4.69, 9.17) is 0 Å². The maximum atomic E-state index is 11.9. The summed E-state index contributed by atoms with van der Waals surface area (Å²) in [6.07, 6.45) is 9.27. The van der Waals surface area contributed by atoms with E-state index < -0.39 is 0 Å². The van der Waals surface area contributed by atoms with Crippen LogP contribution in [0.15, 0.2) is 5.38 Å². The van der Waals surface area contributed by atoms with Gasteiger partial charge in [0, 0.05) is 30.3 Å². The van der Waals surface area contributed by atoms with E-state index in [0.29, 0.717) is 36.5 Å². The molecule has 0 saturated heterocycles. The van der Waals surface area contributed by atoms with Gasteiger partial charge in [-0.2, -0.15) is 0 Å². The highest BCUT2D eigenvalue weighted by atomic mass is 32.1. The Bertz CT molecular complexity index is 565. The van der Waals surface area contributed by atoms with E-state index in [0.717, 1.165) is 18.5 Å². The number of carbonyl (C=O) groups is 2. The molecule has 7 heteroatoms. The van der Waals surface area contributed by atoms with Gasteiger partial charge in [0.1, 0.15) is 0 Å². The second-order valence-electron chi connectivity index (χ2n) is 6.74. The number of rotatable bonds is 7. The summed E-state index contributed by atoms with van der Waals surface area (Å²) in [5.41, 5.74) is 1.11. The zero-order valence-corrected chi connectivity index (χ0v) is 14.8. The number of aromatic nitrogens is 1. The normalized spacial score (nSPS) is 18.2. The van der Waals surface area contributed by atoms with Crippen molar-refractivity contribution in [3.05, 3.63) is 11.1 Å². The van der Waals surface area contributed by atoms with Crippen molar-refractivity contribution in [2.24, 2.45) is 0 Å². The van der Waals surface area contributed by atoms with Crippen molar-refractivity contribution in [2.75, 3.05) is 11.9 Å². The molecule has 6 nitrogen and oxygen atoms in total. The number of amides is 3. The molecule has 3 N–H and O–H groups in total. The first-order valence-corrected chi connectivity index (χ1v) is 9.88. The van der Waals surface area contributed by atoms with Crippen LogP contribution in [0.4, 0.5) is 9.93 Å². The Labute approximate surface area is 146 Å². The first kappa shape index (κ1) is 17.2. The van der Waals surface area contributed by atoms with Crippen molar-refractivity contribution in [1.82, 2.24) is 15.6 Å². The summed E-state index contributed by atoms with van der Waals surface area (Å²) in [6.45, 7) is 0.511. The van der Waals surface area contributed by atoms with Crippen LogP contribution in [0.5, 0.6) is 0 Å². The average molecular weight is 350 g/mol. The fourth-order valence-corrected chi connectivity index (χ4v) is 3.83. The molecule has 0 radical (unpaired) electrons. The van der Waals surface area contributed by atoms with Crippen LogP contribution < -0.4 is 16.0 Å². The van der Waals surface area contributed by atoms with Crippen LogP contribution in [0.1, 0.15) is 69.4 Å². The summed E-state index contributed by atoms with van der Waals surface area (Å²) in [7, 11) is 0. The van der Waals surface area contributed by atoms with E-state index >= 15 is 0 Å². The minimum atomic E-state index is -0.115. The van der Waals surface area contributed by atoms with E-state index in [1.54, 1.807) is 0 Å². The van der Waals surface area contributed by atoms with Gasteiger partial charge in [-0.25, -0.2) is 9.78 Å². The standard InChI is InChI=1S/C17H26N4O2S/c22-15(21-17-20-14(11-24-17)12-8-9-12)7-4-10-18-16(23)19-13-5-2-1-3-6-13/h11-13H,1-10H2,(H2,18,19,23)(H,20,21,22). The molecule has 0 bridgehead atoms. The summed E-state index contributed by atoms with van der Waals surface area (Å²) in [5, 5.41) is 11.4. The Hall–Kier alpha value is -1.63. The van der Waals surface area contributed by atoms with E-state index in [-0.39, 0.29) is 11.9 Å². The van der Waals surface area contributed by atoms with Crippen molar-refractivity contribution >= 4 is 28.4 Å². The predicted octanol–water partition coefficient (Wildman–Crippen LogP) is 3.37. The molecule has 0 unspecified atom stereocenters. The third-order valence-electron chi connectivity index (χ3n) is 4.57. The zero-order valence-electron chi connectivity index (χ0n) is 14.0. The fraction of sp³-hybridized carbons (Fsp3) is 0.706. The minimum absolute atomic E-state index is 0.0406. The van der Waals surface area contributed by atoms with Gasteiger partial charge < -0.3 is 16.0 Å². The second-order valence-corrected chi connectivity index (χ2v) is 7.60. The van der Waals surface area contributed by atoms with Crippen LogP contribution in [-0.4, -0.2) is 29.5 Å². The molecular weight excluding hydrogens is 324 g/mol. The van der Waals surface area contributed by atoms with Gasteiger partial charge in [0.25, 0.3) is 0 Å². The first-order valence-electron chi connectivity index (χ1n) is 9.00. The molecule has 0 atom stereocenters. The number of hydrogen-bond donors (Lipinski definition) is 3. The molecule has 1 aromatic rings. The van der Waals surface area contributed by atoms with E-state index in [1.807, 2.05) is 5.38 Å². The Balaban J connectivity index is 1.26. The summed E-state index contributed by atoms with van der Waals surface area (Å²) >= 11 is 1.49. The van der Waals surface area contributed by atoms with E-state index in [2.05, 4.69) is 20.9 Å². The van der Waals surface area contributed by atoms with Crippen LogP contribution in [0.2, 0.25) is 0 Å². The van der Waals surface area contributed by atoms with Crippen LogP contribution in [0.25, 0.3) is 0 Å². The Morgan fingerprint density at radius 3 is 2.71 bits per heavy atom. The van der Waals surface area contributed by atoms with Crippen LogP contribution in [-0.2, 0) is 4.79 Å². The maximum absolute atomic E-state index is 11.9. The SMILES string of the molecule is O=C(CCCNC(=O)NC1CCCCC1)Nc1nc(C2CC2)cs1. The predicted molar refractivity (Wildman–Crippen MR) is 95.4 cm³/mol. The molecule has 1 aromatic heterocycles. The van der Waals surface area contributed by atoms with Gasteiger partial charge in [0.2, 0.25) is 5.91 Å². The van der Waals surface area contributed by atoms with Gasteiger partial charge in [0.05, 0.1) is 5.69 Å². The van der Waals surface area contributed by atoms with Crippen molar-refractivity contribution in [1.29, 1.82) is 0 Å². The van der Waals surface area contributed by atoms with Gasteiger partial charge in [-0.1, -0.05) is 19.3 Å². The second kappa shape index (κ2) is 8.46. The number of nitrogens with zero attached hydrogens (tertiary/aromatic N) is 1. The van der Waals surface area contributed by atoms with Crippen LogP contribution in [0, 0.1) is 0 Å². The molecule has 2 fully saturated rings. The van der Waals surface area contributed by atoms with Crippen molar-refractivity contribution in [3.63, 3.8) is 0 Å². The first-order chi connectivity index (χ1) is 11.7. The van der Waals surface area contributed by atoms with E-state index in [1.165, 1.54) is 43.4 Å². The summed E-state index contributed by atoms with van der Waals surface area (Å²) < 4.78 is 0. The average Bonchev–Trinajstić information content (AvgIpc) is 3.33. The smallest absolute Gasteiger partial charge is 0.315 e. The van der Waals surface area contributed by atoms with Gasteiger partial charge in [-0.05, 0) is 32.1 Å². The molecule has 2 aliphatic rings. The van der Waals surface area contributed by atoms with Crippen molar-refractivity contribution < 1.29 is 9.59 Å². The van der Waals surface area contributed by atoms with Crippen LogP contribution >= 0.6 is 11.3 Å². The molecule has 2 aliphatic carbocycles. The monoisotopic (exact) mass is 350 g/mol. The summed E-state index contributed by atoms with van der Waals surface area (Å²) in [5.74, 6) is 0.569. The lowest BCUT2D eigenvalue weighted by Crippen LogP contribution is -2.43. The quantitative estimate of drug-likeness (QED) is 0.659. The number of urea groups is 1. The van der Waals surface area contributed by atoms with Crippen molar-refractivity contribution in [3.8, 4) is 0 Å². The summed E-state index contributed by atoms with van der Waals surface area (Å²) in [4.78, 5) is 28.1. The third kappa shape index (κ3) is 5.47. The molecule has 3 amide bonds. The summed E-state index contributed by atoms with van der Waals surface area (Å²) in [6, 6.07) is 0.198. The van der Waals surface area contributed by atoms with Gasteiger partial charge in [-0.3, -0.25) is 4.79 Å². The third-order valence-corrected chi connectivity index (χ3v) is 5.35. The number of nitrogens with one attached hydrogen (secondary N) is 3. The molecule has 0 aliphatic heterocycles. The molecule has 0 aromatic carbocycles. The molecule has 1 heterocycles. The number of hydrogen-bond acceptors (Lipinski definition) is 4. The number of thiazole rings is 1. The molecule has 3 rings (SSSR count). The Kier molecular flexibility index (Phi) is 6.07. The molecule has 2 saturated carbocycles. The highest BCUT2D eigenvalue weighted by Crippen LogP contribution is 2.40. The minimum Gasteiger partial charge on any atom is -0.338 e. The highest BCUT2D eigenvalue weighted by Gasteiger charge is 2.26. The van der Waals surface area contributed by atoms with Gasteiger partial charge >= 0.3 is 6.03 Å². The number of anilines is 1. The Morgan fingerprint density at radius 2 is 1.96 bits per heavy atom. The highest BCUT2D eigenvalue weighted by molar-refractivity contribution is 7.13. The van der Waals surface area contributed by atoms with E-state index in [9.17, 15) is 9.59 Å². The lowest BCUT2D eigenvalue weighted by atomic mass is 9.96. The topological polar surface area (TPSA) is 83.1 Å². The van der Waals surface area contributed by atoms with Gasteiger partial charge in [-0.15, -0.1) is 11.3 Å². The largest absolute Gasteiger partial charge is 0.338 e.